The molecule has 17 heavy (non-hydrogen) atoms. The predicted molar refractivity (Wildman–Crippen MR) is 72.4 cm³/mol. The summed E-state index contributed by atoms with van der Waals surface area (Å²) >= 11 is 3.34. The summed E-state index contributed by atoms with van der Waals surface area (Å²) in [7, 11) is 0. The molecule has 4 nitrogen and oxygen atoms in total. The van der Waals surface area contributed by atoms with Gasteiger partial charge in [-0.05, 0) is 24.6 Å². The number of anilines is 1. The molecule has 2 atom stereocenters. The highest BCUT2D eigenvalue weighted by molar-refractivity contribution is 9.10. The monoisotopic (exact) mass is 320 g/mol. The summed E-state index contributed by atoms with van der Waals surface area (Å²) in [5, 5.41) is 15.1. The molecule has 1 fully saturated rings. The van der Waals surface area contributed by atoms with E-state index >= 15 is 0 Å². The van der Waals surface area contributed by atoms with Gasteiger partial charge in [-0.3, -0.25) is 4.79 Å². The lowest BCUT2D eigenvalue weighted by Gasteiger charge is -2.11. The second kappa shape index (κ2) is 6.35. The highest BCUT2D eigenvalue weighted by atomic mass is 79.9. The Morgan fingerprint density at radius 2 is 2.29 bits per heavy atom. The first kappa shape index (κ1) is 14.4. The Balaban J connectivity index is 0.00000144. The van der Waals surface area contributed by atoms with Crippen LogP contribution in [0.1, 0.15) is 6.42 Å². The SMILES string of the molecule is Cl.O=C(Nc1cccc(Br)c1)C1CC(O)CN1. The van der Waals surface area contributed by atoms with E-state index in [1.54, 1.807) is 0 Å². The molecule has 1 saturated heterocycles. The van der Waals surface area contributed by atoms with Gasteiger partial charge in [0.15, 0.2) is 0 Å². The summed E-state index contributed by atoms with van der Waals surface area (Å²) in [6.07, 6.45) is 0.0538. The maximum absolute atomic E-state index is 11.8. The molecule has 1 aromatic rings. The molecule has 1 amide bonds. The number of β-amino-alcohol motifs (C(OH)–C–C–N with tert-alkyl or cyclic N) is 1. The van der Waals surface area contributed by atoms with Crippen molar-refractivity contribution in [3.63, 3.8) is 0 Å². The molecule has 0 aromatic heterocycles. The lowest BCUT2D eigenvalue weighted by atomic mass is 10.2. The smallest absolute Gasteiger partial charge is 0.241 e. The molecule has 0 saturated carbocycles. The first-order valence-electron chi connectivity index (χ1n) is 5.13. The fourth-order valence-electron chi connectivity index (χ4n) is 1.71. The van der Waals surface area contributed by atoms with E-state index in [0.717, 1.165) is 10.2 Å². The number of hydrogen-bond donors (Lipinski definition) is 3. The lowest BCUT2D eigenvalue weighted by molar-refractivity contribution is -0.117. The van der Waals surface area contributed by atoms with Crippen LogP contribution in [-0.2, 0) is 4.79 Å². The van der Waals surface area contributed by atoms with E-state index in [1.807, 2.05) is 24.3 Å². The van der Waals surface area contributed by atoms with Gasteiger partial charge in [-0.25, -0.2) is 0 Å². The van der Waals surface area contributed by atoms with Gasteiger partial charge in [0.25, 0.3) is 0 Å². The van der Waals surface area contributed by atoms with Crippen molar-refractivity contribution in [1.82, 2.24) is 5.32 Å². The average molecular weight is 322 g/mol. The van der Waals surface area contributed by atoms with E-state index in [4.69, 9.17) is 0 Å². The van der Waals surface area contributed by atoms with Gasteiger partial charge in [-0.2, -0.15) is 0 Å². The molecule has 1 aliphatic rings. The summed E-state index contributed by atoms with van der Waals surface area (Å²) in [5.41, 5.74) is 0.752. The summed E-state index contributed by atoms with van der Waals surface area (Å²) < 4.78 is 0.921. The molecule has 2 rings (SSSR count). The number of hydrogen-bond acceptors (Lipinski definition) is 3. The number of benzene rings is 1. The minimum Gasteiger partial charge on any atom is -0.392 e. The second-order valence-corrected chi connectivity index (χ2v) is 4.77. The topological polar surface area (TPSA) is 61.4 Å². The van der Waals surface area contributed by atoms with E-state index in [9.17, 15) is 9.90 Å². The standard InChI is InChI=1S/C11H13BrN2O2.ClH/c12-7-2-1-3-8(4-7)14-11(16)10-5-9(15)6-13-10;/h1-4,9-10,13,15H,5-6H2,(H,14,16);1H. The second-order valence-electron chi connectivity index (χ2n) is 3.85. The molecular formula is C11H14BrClN2O2. The van der Waals surface area contributed by atoms with E-state index in [1.165, 1.54) is 0 Å². The molecule has 3 N–H and O–H groups in total. The van der Waals surface area contributed by atoms with E-state index in [-0.39, 0.29) is 24.4 Å². The van der Waals surface area contributed by atoms with E-state index in [2.05, 4.69) is 26.6 Å². The maximum atomic E-state index is 11.8. The highest BCUT2D eigenvalue weighted by Gasteiger charge is 2.27. The van der Waals surface area contributed by atoms with E-state index in [0.29, 0.717) is 13.0 Å². The number of aliphatic hydroxyl groups excluding tert-OH is 1. The number of aliphatic hydroxyl groups is 1. The van der Waals surface area contributed by atoms with Gasteiger partial charge in [0, 0.05) is 16.7 Å². The van der Waals surface area contributed by atoms with Gasteiger partial charge in [-0.15, -0.1) is 12.4 Å². The molecular weight excluding hydrogens is 307 g/mol. The third-order valence-corrected chi connectivity index (χ3v) is 3.01. The normalized spacial score (nSPS) is 22.9. The summed E-state index contributed by atoms with van der Waals surface area (Å²) in [6.45, 7) is 0.483. The van der Waals surface area contributed by atoms with Crippen LogP contribution in [0.15, 0.2) is 28.7 Å². The van der Waals surface area contributed by atoms with Gasteiger partial charge >= 0.3 is 0 Å². The minimum atomic E-state index is -0.418. The quantitative estimate of drug-likeness (QED) is 0.774. The molecule has 6 heteroatoms. The number of amides is 1. The summed E-state index contributed by atoms with van der Waals surface area (Å²) in [5.74, 6) is -0.102. The zero-order valence-electron chi connectivity index (χ0n) is 9.02. The Morgan fingerprint density at radius 1 is 1.53 bits per heavy atom. The molecule has 1 aromatic carbocycles. The lowest BCUT2D eigenvalue weighted by Crippen LogP contribution is -2.35. The van der Waals surface area contributed by atoms with Crippen LogP contribution in [0.4, 0.5) is 5.69 Å². The number of halogens is 2. The minimum absolute atomic E-state index is 0. The van der Waals surface area contributed by atoms with Gasteiger partial charge < -0.3 is 15.7 Å². The van der Waals surface area contributed by atoms with Crippen molar-refractivity contribution in [3.8, 4) is 0 Å². The summed E-state index contributed by atoms with van der Waals surface area (Å²) in [6, 6.07) is 7.12. The third-order valence-electron chi connectivity index (χ3n) is 2.52. The number of nitrogens with one attached hydrogen (secondary N) is 2. The largest absolute Gasteiger partial charge is 0.392 e. The zero-order valence-corrected chi connectivity index (χ0v) is 11.4. The molecule has 0 radical (unpaired) electrons. The van der Waals surface area contributed by atoms with Crippen molar-refractivity contribution in [2.45, 2.75) is 18.6 Å². The Labute approximate surface area is 114 Å². The van der Waals surface area contributed by atoms with Crippen LogP contribution >= 0.6 is 28.3 Å². The Hall–Kier alpha value is -0.620. The van der Waals surface area contributed by atoms with Crippen molar-refractivity contribution < 1.29 is 9.90 Å². The van der Waals surface area contributed by atoms with Crippen LogP contribution in [-0.4, -0.2) is 29.7 Å². The Morgan fingerprint density at radius 3 is 2.88 bits per heavy atom. The van der Waals surface area contributed by atoms with Crippen LogP contribution in [0, 0.1) is 0 Å². The zero-order chi connectivity index (χ0) is 11.5. The van der Waals surface area contributed by atoms with Gasteiger partial charge in [-0.1, -0.05) is 22.0 Å². The van der Waals surface area contributed by atoms with Crippen LogP contribution in [0.5, 0.6) is 0 Å². The van der Waals surface area contributed by atoms with Gasteiger partial charge in [0.05, 0.1) is 12.1 Å². The predicted octanol–water partition coefficient (Wildman–Crippen LogP) is 1.53. The maximum Gasteiger partial charge on any atom is 0.241 e. The number of carbonyl (C=O) groups excluding carboxylic acids is 1. The van der Waals surface area contributed by atoms with Crippen LogP contribution in [0.25, 0.3) is 0 Å². The summed E-state index contributed by atoms with van der Waals surface area (Å²) in [4.78, 5) is 11.8. The van der Waals surface area contributed by atoms with Gasteiger partial charge in [0.2, 0.25) is 5.91 Å². The fraction of sp³-hybridized carbons (Fsp3) is 0.364. The first-order chi connectivity index (χ1) is 7.65. The highest BCUT2D eigenvalue weighted by Crippen LogP contribution is 2.16. The molecule has 1 aliphatic heterocycles. The molecule has 0 spiro atoms. The number of rotatable bonds is 2. The fourth-order valence-corrected chi connectivity index (χ4v) is 2.11. The molecule has 94 valence electrons. The van der Waals surface area contributed by atoms with Crippen LogP contribution in [0.3, 0.4) is 0 Å². The van der Waals surface area contributed by atoms with Crippen molar-refractivity contribution in [3.05, 3.63) is 28.7 Å². The van der Waals surface area contributed by atoms with Crippen LogP contribution < -0.4 is 10.6 Å². The van der Waals surface area contributed by atoms with Crippen molar-refractivity contribution in [2.24, 2.45) is 0 Å². The van der Waals surface area contributed by atoms with Crippen molar-refractivity contribution in [2.75, 3.05) is 11.9 Å². The van der Waals surface area contributed by atoms with E-state index < -0.39 is 6.10 Å². The first-order valence-corrected chi connectivity index (χ1v) is 5.92. The van der Waals surface area contributed by atoms with Crippen molar-refractivity contribution >= 4 is 39.9 Å². The molecule has 1 heterocycles. The van der Waals surface area contributed by atoms with Crippen LogP contribution in [0.2, 0.25) is 0 Å². The molecule has 0 aliphatic carbocycles. The van der Waals surface area contributed by atoms with Crippen molar-refractivity contribution in [1.29, 1.82) is 0 Å². The average Bonchev–Trinajstić information content (AvgIpc) is 2.65. The molecule has 0 bridgehead atoms. The Bertz CT molecular complexity index is 403. The van der Waals surface area contributed by atoms with Gasteiger partial charge in [0.1, 0.15) is 0 Å². The molecule has 2 unspecified atom stereocenters. The third kappa shape index (κ3) is 3.96. The Kier molecular flexibility index (Phi) is 5.39. The number of carbonyl (C=O) groups is 1.